The highest BCUT2D eigenvalue weighted by atomic mass is 16.5. The summed E-state index contributed by atoms with van der Waals surface area (Å²) in [5, 5.41) is 8.55. The van der Waals surface area contributed by atoms with Gasteiger partial charge >= 0.3 is 6.03 Å². The molecule has 4 rings (SSSR count). The van der Waals surface area contributed by atoms with Crippen LogP contribution in [0.5, 0.6) is 0 Å². The van der Waals surface area contributed by atoms with E-state index in [2.05, 4.69) is 10.4 Å². The number of rotatable bonds is 2. The third-order valence-corrected chi connectivity index (χ3v) is 5.11. The van der Waals surface area contributed by atoms with E-state index in [9.17, 15) is 4.79 Å². The van der Waals surface area contributed by atoms with Gasteiger partial charge in [0.05, 0.1) is 36.6 Å². The summed E-state index contributed by atoms with van der Waals surface area (Å²) in [7, 11) is 1.91. The summed E-state index contributed by atoms with van der Waals surface area (Å²) in [5.74, 6) is 0. The van der Waals surface area contributed by atoms with Crippen molar-refractivity contribution in [3.63, 3.8) is 0 Å². The van der Waals surface area contributed by atoms with Gasteiger partial charge in [0.25, 0.3) is 0 Å². The summed E-state index contributed by atoms with van der Waals surface area (Å²) in [6.45, 7) is 4.45. The van der Waals surface area contributed by atoms with Crippen LogP contribution in [0.15, 0.2) is 18.2 Å². The number of aromatic nitrogens is 2. The normalized spacial score (nSPS) is 24.0. The van der Waals surface area contributed by atoms with E-state index in [0.29, 0.717) is 19.8 Å². The Balaban J connectivity index is 1.52. The van der Waals surface area contributed by atoms with Gasteiger partial charge in [-0.3, -0.25) is 4.68 Å². The van der Waals surface area contributed by atoms with Crippen molar-refractivity contribution in [1.29, 1.82) is 0 Å². The molecule has 0 spiro atoms. The molecule has 1 N–H and O–H groups in total. The molecule has 0 radical (unpaired) electrons. The third-order valence-electron chi connectivity index (χ3n) is 5.11. The van der Waals surface area contributed by atoms with Crippen LogP contribution < -0.4 is 5.32 Å². The Morgan fingerprint density at radius 3 is 3.04 bits per heavy atom. The topological polar surface area (TPSA) is 68.6 Å². The molecule has 3 heterocycles. The van der Waals surface area contributed by atoms with E-state index in [-0.39, 0.29) is 18.2 Å². The van der Waals surface area contributed by atoms with Gasteiger partial charge in [0.1, 0.15) is 0 Å². The molecule has 2 atom stereocenters. The van der Waals surface area contributed by atoms with E-state index in [1.54, 1.807) is 0 Å². The van der Waals surface area contributed by atoms with Crippen LogP contribution in [-0.2, 0) is 16.5 Å². The molecule has 2 aliphatic heterocycles. The molecular weight excluding hydrogens is 320 g/mol. The van der Waals surface area contributed by atoms with Crippen LogP contribution >= 0.6 is 0 Å². The minimum atomic E-state index is -0.0953. The Morgan fingerprint density at radius 1 is 1.36 bits per heavy atom. The highest BCUT2D eigenvalue weighted by Crippen LogP contribution is 2.25. The van der Waals surface area contributed by atoms with Gasteiger partial charge in [0, 0.05) is 31.3 Å². The maximum Gasteiger partial charge on any atom is 0.322 e. The van der Waals surface area contributed by atoms with Gasteiger partial charge in [-0.2, -0.15) is 5.10 Å². The predicted octanol–water partition coefficient (Wildman–Crippen LogP) is 2.29. The van der Waals surface area contributed by atoms with E-state index in [1.165, 1.54) is 0 Å². The number of anilines is 1. The molecule has 134 valence electrons. The third kappa shape index (κ3) is 3.09. The predicted molar refractivity (Wildman–Crippen MR) is 94.8 cm³/mol. The van der Waals surface area contributed by atoms with Crippen LogP contribution in [0.4, 0.5) is 10.5 Å². The van der Waals surface area contributed by atoms with E-state index in [1.807, 2.05) is 41.8 Å². The lowest BCUT2D eigenvalue weighted by molar-refractivity contribution is -0.0452. The second kappa shape index (κ2) is 6.65. The van der Waals surface area contributed by atoms with Crippen molar-refractivity contribution in [3.05, 3.63) is 23.9 Å². The zero-order chi connectivity index (χ0) is 17.4. The Labute approximate surface area is 146 Å². The Bertz CT molecular complexity index is 782. The average molecular weight is 344 g/mol. The molecule has 2 saturated heterocycles. The van der Waals surface area contributed by atoms with Crippen molar-refractivity contribution in [2.24, 2.45) is 7.05 Å². The number of carbonyl (C=O) groups excluding carboxylic acids is 1. The lowest BCUT2D eigenvalue weighted by Crippen LogP contribution is -2.55. The first-order chi connectivity index (χ1) is 12.1. The molecule has 2 aliphatic rings. The number of amides is 2. The monoisotopic (exact) mass is 344 g/mol. The molecule has 0 bridgehead atoms. The van der Waals surface area contributed by atoms with Crippen LogP contribution in [0, 0.1) is 6.92 Å². The number of urea groups is 1. The molecule has 0 saturated carbocycles. The van der Waals surface area contributed by atoms with Gasteiger partial charge in [-0.15, -0.1) is 0 Å². The number of hydrogen-bond acceptors (Lipinski definition) is 4. The molecule has 7 heteroatoms. The second-order valence-corrected chi connectivity index (χ2v) is 6.76. The zero-order valence-corrected chi connectivity index (χ0v) is 14.7. The molecule has 1 aromatic heterocycles. The highest BCUT2D eigenvalue weighted by molar-refractivity contribution is 5.93. The number of carbonyl (C=O) groups is 1. The van der Waals surface area contributed by atoms with Crippen LogP contribution in [-0.4, -0.2) is 59.2 Å². The summed E-state index contributed by atoms with van der Waals surface area (Å²) in [6.07, 6.45) is 2.11. The van der Waals surface area contributed by atoms with Crippen molar-refractivity contribution < 1.29 is 14.3 Å². The minimum Gasteiger partial charge on any atom is -0.377 e. The quantitative estimate of drug-likeness (QED) is 0.908. The van der Waals surface area contributed by atoms with Crippen LogP contribution in [0.3, 0.4) is 0 Å². The molecule has 0 aliphatic carbocycles. The van der Waals surface area contributed by atoms with Crippen LogP contribution in [0.2, 0.25) is 0 Å². The van der Waals surface area contributed by atoms with E-state index in [4.69, 9.17) is 9.47 Å². The fourth-order valence-electron chi connectivity index (χ4n) is 3.80. The maximum absolute atomic E-state index is 12.8. The van der Waals surface area contributed by atoms with Gasteiger partial charge in [-0.1, -0.05) is 0 Å². The number of aryl methyl sites for hydroxylation is 2. The van der Waals surface area contributed by atoms with Gasteiger partial charge in [0.2, 0.25) is 0 Å². The molecule has 7 nitrogen and oxygen atoms in total. The van der Waals surface area contributed by atoms with Crippen molar-refractivity contribution in [3.8, 4) is 0 Å². The average Bonchev–Trinajstić information content (AvgIpc) is 3.24. The first kappa shape index (κ1) is 16.4. The van der Waals surface area contributed by atoms with Crippen LogP contribution in [0.25, 0.3) is 10.9 Å². The van der Waals surface area contributed by atoms with Crippen molar-refractivity contribution in [2.45, 2.75) is 31.9 Å². The Hall–Kier alpha value is -2.12. The van der Waals surface area contributed by atoms with Gasteiger partial charge in [-0.25, -0.2) is 4.79 Å². The second-order valence-electron chi connectivity index (χ2n) is 6.76. The molecule has 1 aromatic carbocycles. The largest absolute Gasteiger partial charge is 0.377 e. The van der Waals surface area contributed by atoms with Crippen molar-refractivity contribution >= 4 is 22.6 Å². The van der Waals surface area contributed by atoms with Gasteiger partial charge in [0.15, 0.2) is 0 Å². The molecule has 25 heavy (non-hydrogen) atoms. The summed E-state index contributed by atoms with van der Waals surface area (Å²) in [6, 6.07) is 5.79. The fraction of sp³-hybridized carbons (Fsp3) is 0.556. The van der Waals surface area contributed by atoms with Gasteiger partial charge < -0.3 is 19.7 Å². The first-order valence-electron chi connectivity index (χ1n) is 8.84. The van der Waals surface area contributed by atoms with E-state index >= 15 is 0 Å². The molecule has 2 unspecified atom stereocenters. The summed E-state index contributed by atoms with van der Waals surface area (Å²) in [5.41, 5.74) is 2.77. The molecule has 2 amide bonds. The Kier molecular flexibility index (Phi) is 4.35. The highest BCUT2D eigenvalue weighted by Gasteiger charge is 2.36. The van der Waals surface area contributed by atoms with Crippen molar-refractivity contribution in [1.82, 2.24) is 14.7 Å². The standard InChI is InChI=1S/C18H24N4O3/c1-12-14-6-5-13(10-15(14)21(2)20-12)19-18(23)22-7-9-24-11-16(22)17-4-3-8-25-17/h5-6,10,16-17H,3-4,7-9,11H2,1-2H3,(H,19,23). The molecular formula is C18H24N4O3. The fourth-order valence-corrected chi connectivity index (χ4v) is 3.80. The number of fused-ring (bicyclic) bond motifs is 1. The Morgan fingerprint density at radius 2 is 2.24 bits per heavy atom. The number of nitrogens with zero attached hydrogens (tertiary/aromatic N) is 3. The smallest absolute Gasteiger partial charge is 0.322 e. The summed E-state index contributed by atoms with van der Waals surface area (Å²) < 4.78 is 13.2. The number of hydrogen-bond donors (Lipinski definition) is 1. The lowest BCUT2D eigenvalue weighted by Gasteiger charge is -2.38. The number of morpholine rings is 1. The number of ether oxygens (including phenoxy) is 2. The van der Waals surface area contributed by atoms with Gasteiger partial charge in [-0.05, 0) is 38.0 Å². The van der Waals surface area contributed by atoms with Crippen LogP contribution in [0.1, 0.15) is 18.5 Å². The minimum absolute atomic E-state index is 0.0149. The maximum atomic E-state index is 12.8. The molecule has 2 aromatic rings. The first-order valence-corrected chi connectivity index (χ1v) is 8.84. The van der Waals surface area contributed by atoms with Crippen molar-refractivity contribution in [2.75, 3.05) is 31.7 Å². The lowest BCUT2D eigenvalue weighted by atomic mass is 10.1. The summed E-state index contributed by atoms with van der Waals surface area (Å²) >= 11 is 0. The summed E-state index contributed by atoms with van der Waals surface area (Å²) in [4.78, 5) is 14.7. The SMILES string of the molecule is Cc1nn(C)c2cc(NC(=O)N3CCOCC3C3CCCO3)ccc12. The van der Waals surface area contributed by atoms with E-state index < -0.39 is 0 Å². The molecule has 2 fully saturated rings. The number of benzene rings is 1. The van der Waals surface area contributed by atoms with E-state index in [0.717, 1.165) is 41.7 Å². The zero-order valence-electron chi connectivity index (χ0n) is 14.7. The number of nitrogens with one attached hydrogen (secondary N) is 1.